The van der Waals surface area contributed by atoms with Crippen LogP contribution in [0.25, 0.3) is 0 Å². The maximum atomic E-state index is 12.5. The number of fused-ring (bicyclic) bond motifs is 2. The van der Waals surface area contributed by atoms with E-state index in [0.717, 1.165) is 18.8 Å². The number of piperidine rings is 1. The molecule has 1 heterocycles. The molecule has 1 aromatic rings. The number of hydrogen-bond acceptors (Lipinski definition) is 1. The van der Waals surface area contributed by atoms with E-state index in [0.29, 0.717) is 16.7 Å². The Labute approximate surface area is 121 Å². The van der Waals surface area contributed by atoms with Crippen LogP contribution in [0.1, 0.15) is 33.6 Å². The zero-order valence-corrected chi connectivity index (χ0v) is 12.6. The Morgan fingerprint density at radius 2 is 1.95 bits per heavy atom. The Bertz CT molecular complexity index is 511. The average Bonchev–Trinajstić information content (AvgIpc) is 2.54. The van der Waals surface area contributed by atoms with Crippen molar-refractivity contribution in [1.82, 2.24) is 4.90 Å². The SMILES string of the molecule is CC1(C)C[C@]2(C)C[C@@H]1CN(C(=O)Nc1ccccc1)C2. The molecular formula is C17H24N2O. The molecule has 0 unspecified atom stereocenters. The van der Waals surface area contributed by atoms with Crippen molar-refractivity contribution in [3.63, 3.8) is 0 Å². The summed E-state index contributed by atoms with van der Waals surface area (Å²) in [5.74, 6) is 0.628. The predicted molar refractivity (Wildman–Crippen MR) is 81.6 cm³/mol. The van der Waals surface area contributed by atoms with Crippen LogP contribution in [0.4, 0.5) is 10.5 Å². The summed E-state index contributed by atoms with van der Waals surface area (Å²) < 4.78 is 0. The number of urea groups is 1. The van der Waals surface area contributed by atoms with Crippen LogP contribution in [0, 0.1) is 16.7 Å². The van der Waals surface area contributed by atoms with Gasteiger partial charge in [-0.25, -0.2) is 4.79 Å². The second-order valence-electron chi connectivity index (χ2n) is 7.55. The summed E-state index contributed by atoms with van der Waals surface area (Å²) in [7, 11) is 0. The van der Waals surface area contributed by atoms with Crippen molar-refractivity contribution in [3.8, 4) is 0 Å². The van der Waals surface area contributed by atoms with Gasteiger partial charge in [0.2, 0.25) is 0 Å². The van der Waals surface area contributed by atoms with Gasteiger partial charge in [0.1, 0.15) is 0 Å². The van der Waals surface area contributed by atoms with E-state index in [4.69, 9.17) is 0 Å². The van der Waals surface area contributed by atoms with Crippen LogP contribution in [0.3, 0.4) is 0 Å². The van der Waals surface area contributed by atoms with Crippen molar-refractivity contribution >= 4 is 11.7 Å². The zero-order chi connectivity index (χ0) is 14.4. The van der Waals surface area contributed by atoms with E-state index in [1.54, 1.807) is 0 Å². The minimum absolute atomic E-state index is 0.0461. The summed E-state index contributed by atoms with van der Waals surface area (Å²) in [4.78, 5) is 14.5. The molecule has 2 fully saturated rings. The van der Waals surface area contributed by atoms with Crippen LogP contribution in [-0.4, -0.2) is 24.0 Å². The monoisotopic (exact) mass is 272 g/mol. The molecule has 1 aliphatic carbocycles. The Morgan fingerprint density at radius 3 is 2.60 bits per heavy atom. The molecule has 3 nitrogen and oxygen atoms in total. The smallest absolute Gasteiger partial charge is 0.321 e. The number of rotatable bonds is 1. The molecule has 2 bridgehead atoms. The first kappa shape index (κ1) is 13.5. The fourth-order valence-electron chi connectivity index (χ4n) is 4.29. The number of nitrogens with zero attached hydrogens (tertiary/aromatic N) is 1. The summed E-state index contributed by atoms with van der Waals surface area (Å²) in [5.41, 5.74) is 1.52. The maximum Gasteiger partial charge on any atom is 0.321 e. The van der Waals surface area contributed by atoms with E-state index in [2.05, 4.69) is 26.1 Å². The number of carbonyl (C=O) groups is 1. The van der Waals surface area contributed by atoms with E-state index in [1.165, 1.54) is 12.8 Å². The molecule has 1 saturated carbocycles. The molecule has 0 aromatic heterocycles. The standard InChI is InChI=1S/C17H24N2O/c1-16(2)11-17(3)9-13(16)10-19(12-17)15(20)18-14-7-5-4-6-8-14/h4-8,13H,9-12H2,1-3H3,(H,18,20)/t13-,17+/m1/s1. The molecule has 20 heavy (non-hydrogen) atoms. The highest BCUT2D eigenvalue weighted by molar-refractivity contribution is 5.89. The van der Waals surface area contributed by atoms with Gasteiger partial charge in [0.25, 0.3) is 0 Å². The van der Waals surface area contributed by atoms with Gasteiger partial charge in [0.05, 0.1) is 0 Å². The molecule has 2 amide bonds. The lowest BCUT2D eigenvalue weighted by Crippen LogP contribution is -2.47. The van der Waals surface area contributed by atoms with E-state index in [-0.39, 0.29) is 6.03 Å². The predicted octanol–water partition coefficient (Wildman–Crippen LogP) is 3.98. The van der Waals surface area contributed by atoms with E-state index < -0.39 is 0 Å². The van der Waals surface area contributed by atoms with Gasteiger partial charge in [0, 0.05) is 18.8 Å². The van der Waals surface area contributed by atoms with Gasteiger partial charge in [-0.05, 0) is 41.7 Å². The van der Waals surface area contributed by atoms with Gasteiger partial charge in [-0.3, -0.25) is 0 Å². The summed E-state index contributed by atoms with van der Waals surface area (Å²) in [6.45, 7) is 8.80. The molecule has 2 aliphatic rings. The van der Waals surface area contributed by atoms with Crippen LogP contribution in [-0.2, 0) is 0 Å². The molecule has 3 heteroatoms. The van der Waals surface area contributed by atoms with Crippen molar-refractivity contribution in [2.75, 3.05) is 18.4 Å². The quantitative estimate of drug-likeness (QED) is 0.824. The highest BCUT2D eigenvalue weighted by atomic mass is 16.2. The first-order valence-corrected chi connectivity index (χ1v) is 7.49. The largest absolute Gasteiger partial charge is 0.324 e. The van der Waals surface area contributed by atoms with Gasteiger partial charge in [-0.1, -0.05) is 39.0 Å². The Hall–Kier alpha value is -1.51. The minimum atomic E-state index is 0.0461. The second-order valence-corrected chi connectivity index (χ2v) is 7.55. The number of hydrogen-bond donors (Lipinski definition) is 1. The van der Waals surface area contributed by atoms with Gasteiger partial charge in [0.15, 0.2) is 0 Å². The third kappa shape index (κ3) is 2.41. The number of para-hydroxylation sites is 1. The van der Waals surface area contributed by atoms with Crippen molar-refractivity contribution in [2.24, 2.45) is 16.7 Å². The molecule has 1 N–H and O–H groups in total. The first-order valence-electron chi connectivity index (χ1n) is 7.49. The zero-order valence-electron chi connectivity index (χ0n) is 12.6. The molecule has 0 spiro atoms. The number of carbonyl (C=O) groups excluding carboxylic acids is 1. The lowest BCUT2D eigenvalue weighted by Gasteiger charge is -2.38. The number of likely N-dealkylation sites (tertiary alicyclic amines) is 1. The van der Waals surface area contributed by atoms with Crippen molar-refractivity contribution in [3.05, 3.63) is 30.3 Å². The lowest BCUT2D eigenvalue weighted by molar-refractivity contribution is 0.125. The summed E-state index contributed by atoms with van der Waals surface area (Å²) in [5, 5.41) is 3.01. The molecular weight excluding hydrogens is 248 g/mol. The topological polar surface area (TPSA) is 32.3 Å². The molecule has 0 radical (unpaired) electrons. The Morgan fingerprint density at radius 1 is 1.25 bits per heavy atom. The highest BCUT2D eigenvalue weighted by Gasteiger charge is 2.52. The Kier molecular flexibility index (Phi) is 3.03. The third-order valence-electron chi connectivity index (χ3n) is 5.05. The van der Waals surface area contributed by atoms with E-state index >= 15 is 0 Å². The van der Waals surface area contributed by atoms with Crippen molar-refractivity contribution in [2.45, 2.75) is 33.6 Å². The van der Waals surface area contributed by atoms with E-state index in [9.17, 15) is 4.79 Å². The third-order valence-corrected chi connectivity index (χ3v) is 5.05. The lowest BCUT2D eigenvalue weighted by atomic mass is 9.82. The van der Waals surface area contributed by atoms with Crippen LogP contribution < -0.4 is 5.32 Å². The number of benzene rings is 1. The van der Waals surface area contributed by atoms with Crippen molar-refractivity contribution in [1.29, 1.82) is 0 Å². The van der Waals surface area contributed by atoms with E-state index in [1.807, 2.05) is 35.2 Å². The first-order chi connectivity index (χ1) is 9.38. The summed E-state index contributed by atoms with van der Waals surface area (Å²) in [6.07, 6.45) is 2.48. The van der Waals surface area contributed by atoms with Gasteiger partial charge < -0.3 is 10.2 Å². The average molecular weight is 272 g/mol. The Balaban J connectivity index is 1.72. The number of anilines is 1. The van der Waals surface area contributed by atoms with Gasteiger partial charge in [-0.2, -0.15) is 0 Å². The fourth-order valence-corrected chi connectivity index (χ4v) is 4.29. The molecule has 1 saturated heterocycles. The molecule has 1 aliphatic heterocycles. The van der Waals surface area contributed by atoms with Crippen molar-refractivity contribution < 1.29 is 4.79 Å². The second kappa shape index (κ2) is 4.51. The number of nitrogens with one attached hydrogen (secondary N) is 1. The number of amides is 2. The van der Waals surface area contributed by atoms with Crippen LogP contribution in [0.15, 0.2) is 30.3 Å². The fraction of sp³-hybridized carbons (Fsp3) is 0.588. The van der Waals surface area contributed by atoms with Crippen LogP contribution >= 0.6 is 0 Å². The molecule has 1 aromatic carbocycles. The summed E-state index contributed by atoms with van der Waals surface area (Å²) in [6, 6.07) is 9.76. The molecule has 2 atom stereocenters. The van der Waals surface area contributed by atoms with Gasteiger partial charge >= 0.3 is 6.03 Å². The maximum absolute atomic E-state index is 12.5. The van der Waals surface area contributed by atoms with Crippen LogP contribution in [0.2, 0.25) is 0 Å². The highest BCUT2D eigenvalue weighted by Crippen LogP contribution is 2.55. The van der Waals surface area contributed by atoms with Gasteiger partial charge in [-0.15, -0.1) is 0 Å². The molecule has 3 rings (SSSR count). The molecule has 108 valence electrons. The normalized spacial score (nSPS) is 31.1. The minimum Gasteiger partial charge on any atom is -0.324 e. The van der Waals surface area contributed by atoms with Crippen LogP contribution in [0.5, 0.6) is 0 Å². The summed E-state index contributed by atoms with van der Waals surface area (Å²) >= 11 is 0.